The maximum atomic E-state index is 13.6. The molecule has 5 rings (SSSR count). The fraction of sp³-hybridized carbons (Fsp3) is 0.542. The average Bonchev–Trinajstić information content (AvgIpc) is 3.27. The van der Waals surface area contributed by atoms with E-state index in [4.69, 9.17) is 4.74 Å². The Hall–Kier alpha value is -2.67. The zero-order valence-corrected chi connectivity index (χ0v) is 18.3. The molecule has 3 heterocycles. The highest BCUT2D eigenvalue weighted by Crippen LogP contribution is 2.57. The van der Waals surface area contributed by atoms with E-state index in [9.17, 15) is 14.4 Å². The maximum Gasteiger partial charge on any atom is 0.246 e. The molecule has 3 fully saturated rings. The molecule has 3 aliphatic heterocycles. The van der Waals surface area contributed by atoms with Crippen LogP contribution in [0.3, 0.4) is 0 Å². The lowest BCUT2D eigenvalue weighted by molar-refractivity contribution is -0.142. The molecule has 2 bridgehead atoms. The summed E-state index contributed by atoms with van der Waals surface area (Å²) in [5.74, 6) is -1.96. The van der Waals surface area contributed by atoms with Crippen LogP contribution in [-0.4, -0.2) is 51.9 Å². The first kappa shape index (κ1) is 20.2. The van der Waals surface area contributed by atoms with Gasteiger partial charge in [-0.25, -0.2) is 0 Å². The van der Waals surface area contributed by atoms with Gasteiger partial charge in [0.25, 0.3) is 0 Å². The molecule has 7 heteroatoms. The topological polar surface area (TPSA) is 87.7 Å². The summed E-state index contributed by atoms with van der Waals surface area (Å²) in [6.45, 7) is 7.68. The van der Waals surface area contributed by atoms with Gasteiger partial charge in [0, 0.05) is 17.3 Å². The lowest BCUT2D eigenvalue weighted by Gasteiger charge is -2.34. The third kappa shape index (κ3) is 3.09. The van der Waals surface area contributed by atoms with Crippen LogP contribution in [-0.2, 0) is 19.1 Å². The van der Waals surface area contributed by atoms with Crippen molar-refractivity contribution in [2.24, 2.45) is 11.8 Å². The van der Waals surface area contributed by atoms with Gasteiger partial charge in [-0.3, -0.25) is 14.4 Å². The van der Waals surface area contributed by atoms with Crippen molar-refractivity contribution in [2.45, 2.75) is 69.9 Å². The predicted octanol–water partition coefficient (Wildman–Crippen LogP) is 2.16. The number of fused-ring (bicyclic) bond motifs is 1. The summed E-state index contributed by atoms with van der Waals surface area (Å²) in [7, 11) is 0. The van der Waals surface area contributed by atoms with Crippen molar-refractivity contribution >= 4 is 23.4 Å². The Morgan fingerprint density at radius 3 is 2.52 bits per heavy atom. The Morgan fingerprint density at radius 1 is 1.16 bits per heavy atom. The van der Waals surface area contributed by atoms with E-state index in [2.05, 4.69) is 10.6 Å². The molecule has 1 aliphatic carbocycles. The van der Waals surface area contributed by atoms with Gasteiger partial charge >= 0.3 is 0 Å². The summed E-state index contributed by atoms with van der Waals surface area (Å²) < 4.78 is 6.32. The average molecular weight is 424 g/mol. The van der Waals surface area contributed by atoms with Gasteiger partial charge in [-0.05, 0) is 52.2 Å². The summed E-state index contributed by atoms with van der Waals surface area (Å²) in [5.41, 5.74) is 0.143. The fourth-order valence-electron chi connectivity index (χ4n) is 5.32. The van der Waals surface area contributed by atoms with Crippen LogP contribution in [0.25, 0.3) is 0 Å². The van der Waals surface area contributed by atoms with Crippen LogP contribution in [0.4, 0.5) is 5.69 Å². The van der Waals surface area contributed by atoms with Crippen molar-refractivity contribution in [2.75, 3.05) is 5.32 Å². The molecule has 0 unspecified atom stereocenters. The van der Waals surface area contributed by atoms with Crippen LogP contribution >= 0.6 is 0 Å². The summed E-state index contributed by atoms with van der Waals surface area (Å²) in [6, 6.07) is 6.84. The number of ether oxygens (including phenoxy) is 1. The number of benzene rings is 1. The van der Waals surface area contributed by atoms with Gasteiger partial charge in [0.15, 0.2) is 0 Å². The molecule has 164 valence electrons. The molecule has 1 aromatic carbocycles. The summed E-state index contributed by atoms with van der Waals surface area (Å²) >= 11 is 0. The van der Waals surface area contributed by atoms with E-state index in [1.807, 2.05) is 64.1 Å². The largest absolute Gasteiger partial charge is 0.359 e. The van der Waals surface area contributed by atoms with Gasteiger partial charge in [0.1, 0.15) is 11.6 Å². The van der Waals surface area contributed by atoms with Gasteiger partial charge in [0.05, 0.1) is 17.9 Å². The number of carbonyl (C=O) groups is 3. The first-order valence-electron chi connectivity index (χ1n) is 11.0. The number of aryl methyl sites for hydroxylation is 1. The molecular weight excluding hydrogens is 394 g/mol. The third-order valence-corrected chi connectivity index (χ3v) is 6.70. The van der Waals surface area contributed by atoms with Crippen molar-refractivity contribution in [1.82, 2.24) is 10.2 Å². The number of anilines is 1. The highest BCUT2D eigenvalue weighted by Gasteiger charge is 2.74. The molecule has 4 aliphatic rings. The van der Waals surface area contributed by atoms with Gasteiger partial charge in [0.2, 0.25) is 17.7 Å². The van der Waals surface area contributed by atoms with Crippen molar-refractivity contribution in [3.8, 4) is 0 Å². The highest BCUT2D eigenvalue weighted by molar-refractivity contribution is 6.03. The lowest BCUT2D eigenvalue weighted by atomic mass is 9.74. The normalized spacial score (nSPS) is 33.5. The minimum absolute atomic E-state index is 0.0410. The van der Waals surface area contributed by atoms with E-state index >= 15 is 0 Å². The second-order valence-electron chi connectivity index (χ2n) is 10.2. The van der Waals surface area contributed by atoms with Crippen LogP contribution in [0.15, 0.2) is 36.4 Å². The molecule has 5 atom stereocenters. The van der Waals surface area contributed by atoms with E-state index < -0.39 is 35.1 Å². The summed E-state index contributed by atoms with van der Waals surface area (Å²) in [5, 5.41) is 6.01. The van der Waals surface area contributed by atoms with E-state index in [-0.39, 0.29) is 23.8 Å². The summed E-state index contributed by atoms with van der Waals surface area (Å²) in [4.78, 5) is 42.0. The third-order valence-electron chi connectivity index (χ3n) is 6.70. The van der Waals surface area contributed by atoms with Crippen LogP contribution in [0.1, 0.15) is 39.2 Å². The Balaban J connectivity index is 1.49. The van der Waals surface area contributed by atoms with Gasteiger partial charge in [-0.1, -0.05) is 30.4 Å². The van der Waals surface area contributed by atoms with Crippen LogP contribution in [0, 0.1) is 18.8 Å². The monoisotopic (exact) mass is 423 g/mol. The van der Waals surface area contributed by atoms with Gasteiger partial charge in [-0.15, -0.1) is 0 Å². The number of hydrogen-bond acceptors (Lipinski definition) is 4. The van der Waals surface area contributed by atoms with Crippen molar-refractivity contribution < 1.29 is 19.1 Å². The molecule has 1 spiro atoms. The number of amides is 3. The minimum Gasteiger partial charge on any atom is -0.359 e. The van der Waals surface area contributed by atoms with Crippen LogP contribution < -0.4 is 10.6 Å². The highest BCUT2D eigenvalue weighted by atomic mass is 16.5. The summed E-state index contributed by atoms with van der Waals surface area (Å²) in [6.07, 6.45) is 4.94. The smallest absolute Gasteiger partial charge is 0.246 e. The van der Waals surface area contributed by atoms with E-state index in [0.29, 0.717) is 0 Å². The van der Waals surface area contributed by atoms with E-state index in [1.54, 1.807) is 4.90 Å². The number of likely N-dealkylation sites (tertiary alicyclic amines) is 1. The Labute approximate surface area is 182 Å². The SMILES string of the molecule is Cc1ccccc1NC(=O)[C@@H]1[C@@H]2C=C[C@]3(O2)[C@@H]1C(=O)N(C1CC1)[C@@H]3C(=O)NC(C)(C)C. The molecule has 0 aromatic heterocycles. The number of rotatable bonds is 4. The van der Waals surface area contributed by atoms with Crippen LogP contribution in [0.2, 0.25) is 0 Å². The molecule has 7 nitrogen and oxygen atoms in total. The molecule has 1 saturated carbocycles. The molecular formula is C24H29N3O4. The molecule has 2 saturated heterocycles. The molecule has 1 aromatic rings. The zero-order chi connectivity index (χ0) is 22.1. The van der Waals surface area contributed by atoms with Crippen molar-refractivity contribution in [3.05, 3.63) is 42.0 Å². The standard InChI is InChI=1S/C24H29N3O4/c1-13-7-5-6-8-15(13)25-20(28)17-16-11-12-24(31-16)18(17)22(30)27(14-9-10-14)19(24)21(29)26-23(2,3)4/h5-8,11-12,14,16-19H,9-10H2,1-4H3,(H,25,28)(H,26,29)/t16-,17+,18-,19+,24-/m0/s1. The quantitative estimate of drug-likeness (QED) is 0.727. The van der Waals surface area contributed by atoms with E-state index in [0.717, 1.165) is 24.1 Å². The second-order valence-corrected chi connectivity index (χ2v) is 10.2. The Kier molecular flexibility index (Phi) is 4.35. The van der Waals surface area contributed by atoms with Crippen molar-refractivity contribution in [1.29, 1.82) is 0 Å². The minimum atomic E-state index is -1.09. The fourth-order valence-corrected chi connectivity index (χ4v) is 5.32. The zero-order valence-electron chi connectivity index (χ0n) is 18.3. The Morgan fingerprint density at radius 2 is 1.87 bits per heavy atom. The molecule has 3 amide bonds. The molecule has 31 heavy (non-hydrogen) atoms. The lowest BCUT2D eigenvalue weighted by Crippen LogP contribution is -2.58. The number of carbonyl (C=O) groups excluding carboxylic acids is 3. The number of hydrogen-bond donors (Lipinski definition) is 2. The predicted molar refractivity (Wildman–Crippen MR) is 115 cm³/mol. The second kappa shape index (κ2) is 6.66. The number of nitrogens with zero attached hydrogens (tertiary/aromatic N) is 1. The first-order chi connectivity index (χ1) is 14.6. The van der Waals surface area contributed by atoms with Gasteiger partial charge < -0.3 is 20.3 Å². The number of para-hydroxylation sites is 1. The van der Waals surface area contributed by atoms with E-state index in [1.165, 1.54) is 0 Å². The Bertz CT molecular complexity index is 993. The van der Waals surface area contributed by atoms with Gasteiger partial charge in [-0.2, -0.15) is 0 Å². The first-order valence-corrected chi connectivity index (χ1v) is 11.0. The molecule has 2 N–H and O–H groups in total. The van der Waals surface area contributed by atoms with Crippen LogP contribution in [0.5, 0.6) is 0 Å². The molecule has 0 radical (unpaired) electrons. The maximum absolute atomic E-state index is 13.6. The number of nitrogens with one attached hydrogen (secondary N) is 2. The van der Waals surface area contributed by atoms with Crippen molar-refractivity contribution in [3.63, 3.8) is 0 Å².